The number of hydrogen-bond acceptors (Lipinski definition) is 10. The molecule has 12 nitrogen and oxygen atoms in total. The van der Waals surface area contributed by atoms with Crippen molar-refractivity contribution in [2.24, 2.45) is 0 Å². The fraction of sp³-hybridized carbons (Fsp3) is 0.467. The van der Waals surface area contributed by atoms with Gasteiger partial charge in [0.15, 0.2) is 0 Å². The molecule has 5 rings (SSSR count). The molecule has 2 saturated heterocycles. The van der Waals surface area contributed by atoms with E-state index < -0.39 is 0 Å². The summed E-state index contributed by atoms with van der Waals surface area (Å²) < 4.78 is 13.1. The molecule has 0 spiro atoms. The van der Waals surface area contributed by atoms with Crippen LogP contribution in [-0.2, 0) is 22.6 Å². The zero-order chi connectivity index (χ0) is 29.3. The molecule has 2 N–H and O–H groups in total. The van der Waals surface area contributed by atoms with Gasteiger partial charge < -0.3 is 20.1 Å². The third-order valence-electron chi connectivity index (χ3n) is 7.45. The fourth-order valence-corrected chi connectivity index (χ4v) is 5.35. The Hall–Kier alpha value is -4.34. The van der Waals surface area contributed by atoms with Gasteiger partial charge in [0.2, 0.25) is 17.7 Å². The van der Waals surface area contributed by atoms with Gasteiger partial charge in [0, 0.05) is 63.3 Å². The van der Waals surface area contributed by atoms with E-state index in [4.69, 9.17) is 14.7 Å². The number of rotatable bonds is 10. The maximum absolute atomic E-state index is 12.4. The van der Waals surface area contributed by atoms with Crippen molar-refractivity contribution in [3.63, 3.8) is 0 Å². The number of aromatic nitrogens is 5. The number of hydrogen-bond donors (Lipinski definition) is 2. The molecule has 12 heteroatoms. The molecule has 0 aliphatic carbocycles. The highest BCUT2D eigenvalue weighted by molar-refractivity contribution is 5.75. The number of carbonyl (C=O) groups is 1. The van der Waals surface area contributed by atoms with Crippen molar-refractivity contribution in [2.45, 2.75) is 64.7 Å². The highest BCUT2D eigenvalue weighted by Gasteiger charge is 2.22. The molecule has 3 aromatic rings. The second kappa shape index (κ2) is 14.0. The van der Waals surface area contributed by atoms with Crippen LogP contribution in [0.15, 0.2) is 36.7 Å². The molecule has 1 amide bonds. The number of carbonyl (C=O) groups excluding carboxylic acids is 1. The van der Waals surface area contributed by atoms with E-state index in [1.165, 1.54) is 6.08 Å². The largest absolute Gasteiger partial charge is 0.438 e. The van der Waals surface area contributed by atoms with Crippen LogP contribution in [0.4, 0.5) is 5.95 Å². The number of allylic oxidation sites excluding steroid dienone is 1. The number of nitriles is 1. The van der Waals surface area contributed by atoms with Crippen LogP contribution >= 0.6 is 0 Å². The van der Waals surface area contributed by atoms with Crippen molar-refractivity contribution in [1.29, 1.82) is 5.26 Å². The zero-order valence-electron chi connectivity index (χ0n) is 24.1. The third kappa shape index (κ3) is 8.11. The fourth-order valence-electron chi connectivity index (χ4n) is 5.35. The average molecular weight is 572 g/mol. The standard InChI is InChI=1S/C30H37N9O3/c1-21-16-23(4-3-10-31)17-22(2)29(21)42-28-5-11-32-30(35-28)34-24-6-12-38(13-7-24)18-26-19-39(37-36-26)20-27(40)33-25-8-14-41-15-9-25/h3-5,11,16-17,19,24-25H,6-9,12-15,18,20H2,1-2H3,(H,33,40)(H,32,34,35)/b4-3+. The zero-order valence-corrected chi connectivity index (χ0v) is 24.1. The molecular weight excluding hydrogens is 534 g/mol. The lowest BCUT2D eigenvalue weighted by Gasteiger charge is -2.31. The Morgan fingerprint density at radius 3 is 2.67 bits per heavy atom. The van der Waals surface area contributed by atoms with Gasteiger partial charge in [-0.25, -0.2) is 9.67 Å². The average Bonchev–Trinajstić information content (AvgIpc) is 3.42. The van der Waals surface area contributed by atoms with Gasteiger partial charge in [-0.05, 0) is 74.4 Å². The smallest absolute Gasteiger partial charge is 0.242 e. The van der Waals surface area contributed by atoms with E-state index >= 15 is 0 Å². The van der Waals surface area contributed by atoms with Crippen molar-refractivity contribution >= 4 is 17.9 Å². The van der Waals surface area contributed by atoms with Crippen molar-refractivity contribution in [3.05, 3.63) is 59.1 Å². The van der Waals surface area contributed by atoms with Gasteiger partial charge >= 0.3 is 0 Å². The maximum atomic E-state index is 12.4. The lowest BCUT2D eigenvalue weighted by molar-refractivity contribution is -0.123. The normalized spacial score (nSPS) is 16.8. The Labute approximate surface area is 245 Å². The highest BCUT2D eigenvalue weighted by atomic mass is 16.5. The molecule has 0 unspecified atom stereocenters. The van der Waals surface area contributed by atoms with Gasteiger partial charge in [-0.15, -0.1) is 5.10 Å². The number of nitrogens with one attached hydrogen (secondary N) is 2. The van der Waals surface area contributed by atoms with E-state index in [1.807, 2.05) is 38.2 Å². The molecule has 1 aromatic carbocycles. The number of amides is 1. The maximum Gasteiger partial charge on any atom is 0.242 e. The molecule has 0 saturated carbocycles. The number of piperidine rings is 1. The minimum Gasteiger partial charge on any atom is -0.438 e. The van der Waals surface area contributed by atoms with Crippen LogP contribution in [0, 0.1) is 25.2 Å². The summed E-state index contributed by atoms with van der Waals surface area (Å²) in [6.07, 6.45) is 10.4. The summed E-state index contributed by atoms with van der Waals surface area (Å²) in [6.45, 7) is 8.00. The molecule has 2 aliphatic rings. The van der Waals surface area contributed by atoms with Crippen LogP contribution < -0.4 is 15.4 Å². The minimum atomic E-state index is -0.0467. The van der Waals surface area contributed by atoms with E-state index in [-0.39, 0.29) is 24.5 Å². The van der Waals surface area contributed by atoms with E-state index in [1.54, 1.807) is 23.0 Å². The van der Waals surface area contributed by atoms with Crippen molar-refractivity contribution < 1.29 is 14.3 Å². The lowest BCUT2D eigenvalue weighted by atomic mass is 10.1. The molecule has 42 heavy (non-hydrogen) atoms. The number of aryl methyl sites for hydroxylation is 2. The molecular formula is C30H37N9O3. The SMILES string of the molecule is Cc1cc(/C=C/C#N)cc(C)c1Oc1ccnc(NC2CCN(Cc3cn(CC(=O)NC4CCOCC4)nn3)CC2)n1. The Morgan fingerprint density at radius 2 is 1.93 bits per heavy atom. The summed E-state index contributed by atoms with van der Waals surface area (Å²) in [5.41, 5.74) is 3.74. The monoisotopic (exact) mass is 571 g/mol. The van der Waals surface area contributed by atoms with Crippen LogP contribution in [0.2, 0.25) is 0 Å². The summed E-state index contributed by atoms with van der Waals surface area (Å²) in [5, 5.41) is 23.7. The lowest BCUT2D eigenvalue weighted by Crippen LogP contribution is -2.40. The van der Waals surface area contributed by atoms with Crippen LogP contribution in [0.3, 0.4) is 0 Å². The first-order valence-corrected chi connectivity index (χ1v) is 14.4. The Kier molecular flexibility index (Phi) is 9.74. The quantitative estimate of drug-likeness (QED) is 0.348. The highest BCUT2D eigenvalue weighted by Crippen LogP contribution is 2.30. The summed E-state index contributed by atoms with van der Waals surface area (Å²) in [7, 11) is 0. The number of nitrogens with zero attached hydrogens (tertiary/aromatic N) is 7. The first-order valence-electron chi connectivity index (χ1n) is 14.4. The Bertz CT molecular complexity index is 1410. The predicted octanol–water partition coefficient (Wildman–Crippen LogP) is 3.39. The van der Waals surface area contributed by atoms with Gasteiger partial charge in [-0.1, -0.05) is 5.21 Å². The summed E-state index contributed by atoms with van der Waals surface area (Å²) >= 11 is 0. The van der Waals surface area contributed by atoms with Crippen LogP contribution in [0.1, 0.15) is 48.1 Å². The molecule has 0 radical (unpaired) electrons. The third-order valence-corrected chi connectivity index (χ3v) is 7.45. The van der Waals surface area contributed by atoms with E-state index in [9.17, 15) is 4.79 Å². The van der Waals surface area contributed by atoms with Crippen molar-refractivity contribution in [2.75, 3.05) is 31.6 Å². The molecule has 4 heterocycles. The second-order valence-electron chi connectivity index (χ2n) is 10.8. The number of anilines is 1. The first-order chi connectivity index (χ1) is 20.4. The van der Waals surface area contributed by atoms with Crippen LogP contribution in [0.25, 0.3) is 6.08 Å². The van der Waals surface area contributed by atoms with Gasteiger partial charge in [0.1, 0.15) is 12.3 Å². The van der Waals surface area contributed by atoms with Gasteiger partial charge in [0.05, 0.1) is 18.0 Å². The van der Waals surface area contributed by atoms with Crippen molar-refractivity contribution in [1.82, 2.24) is 35.2 Å². The number of benzene rings is 1. The first kappa shape index (κ1) is 29.2. The Balaban J connectivity index is 1.08. The second-order valence-corrected chi connectivity index (χ2v) is 10.8. The molecule has 2 aliphatic heterocycles. The summed E-state index contributed by atoms with van der Waals surface area (Å²) in [5.74, 6) is 1.71. The van der Waals surface area contributed by atoms with Crippen molar-refractivity contribution in [3.8, 4) is 17.7 Å². The minimum absolute atomic E-state index is 0.0467. The van der Waals surface area contributed by atoms with E-state index in [0.717, 1.165) is 66.9 Å². The molecule has 0 bridgehead atoms. The summed E-state index contributed by atoms with van der Waals surface area (Å²) in [6, 6.07) is 8.15. The predicted molar refractivity (Wildman–Crippen MR) is 157 cm³/mol. The van der Waals surface area contributed by atoms with Crippen LogP contribution in [0.5, 0.6) is 11.6 Å². The molecule has 220 valence electrons. The summed E-state index contributed by atoms with van der Waals surface area (Å²) in [4.78, 5) is 23.7. The van der Waals surface area contributed by atoms with Gasteiger partial charge in [-0.2, -0.15) is 10.2 Å². The number of ether oxygens (including phenoxy) is 2. The number of likely N-dealkylation sites (tertiary alicyclic amines) is 1. The molecule has 0 atom stereocenters. The van der Waals surface area contributed by atoms with Gasteiger partial charge in [-0.3, -0.25) is 9.69 Å². The Morgan fingerprint density at radius 1 is 1.17 bits per heavy atom. The van der Waals surface area contributed by atoms with Gasteiger partial charge in [0.25, 0.3) is 0 Å². The van der Waals surface area contributed by atoms with E-state index in [2.05, 4.69) is 35.8 Å². The van der Waals surface area contributed by atoms with E-state index in [0.29, 0.717) is 31.6 Å². The topological polar surface area (TPSA) is 143 Å². The van der Waals surface area contributed by atoms with Crippen LogP contribution in [-0.4, -0.2) is 74.2 Å². The molecule has 2 aromatic heterocycles. The molecule has 2 fully saturated rings.